The molecule has 0 aliphatic heterocycles. The molecule has 2 aromatic heterocycles. The van der Waals surface area contributed by atoms with E-state index in [1.807, 2.05) is 33.9 Å². The second kappa shape index (κ2) is 6.14. The van der Waals surface area contributed by atoms with Gasteiger partial charge in [-0.2, -0.15) is 10.2 Å². The Hall–Kier alpha value is -2.79. The van der Waals surface area contributed by atoms with Crippen LogP contribution >= 0.6 is 11.8 Å². The molecule has 5 heteroatoms. The van der Waals surface area contributed by atoms with E-state index in [1.54, 1.807) is 24.2 Å². The molecule has 0 amide bonds. The molecule has 4 aromatic rings. The Labute approximate surface area is 138 Å². The molecule has 2 aromatic carbocycles. The molecule has 0 radical (unpaired) electrons. The lowest BCUT2D eigenvalue weighted by atomic mass is 10.3. The molecule has 0 aliphatic rings. The Bertz CT molecular complexity index is 823. The monoisotopic (exact) mass is 318 g/mol. The van der Waals surface area contributed by atoms with Crippen molar-refractivity contribution in [2.45, 2.75) is 9.79 Å². The van der Waals surface area contributed by atoms with Crippen LogP contribution in [0.4, 0.5) is 0 Å². The molecule has 0 aliphatic carbocycles. The Morgan fingerprint density at radius 1 is 0.652 bits per heavy atom. The van der Waals surface area contributed by atoms with Gasteiger partial charge in [-0.05, 0) is 48.5 Å². The molecule has 0 unspecified atom stereocenters. The van der Waals surface area contributed by atoms with E-state index in [9.17, 15) is 0 Å². The van der Waals surface area contributed by atoms with Gasteiger partial charge in [-0.25, -0.2) is 9.36 Å². The normalized spacial score (nSPS) is 10.8. The summed E-state index contributed by atoms with van der Waals surface area (Å²) in [6.45, 7) is 0. The van der Waals surface area contributed by atoms with Crippen molar-refractivity contribution in [3.8, 4) is 11.4 Å². The third-order valence-electron chi connectivity index (χ3n) is 3.41. The average Bonchev–Trinajstić information content (AvgIpc) is 3.29. The van der Waals surface area contributed by atoms with Crippen LogP contribution < -0.4 is 0 Å². The Balaban J connectivity index is 1.61. The van der Waals surface area contributed by atoms with Gasteiger partial charge in [0.2, 0.25) is 0 Å². The summed E-state index contributed by atoms with van der Waals surface area (Å²) < 4.78 is 3.73. The fourth-order valence-electron chi connectivity index (χ4n) is 2.36. The molecule has 0 bridgehead atoms. The van der Waals surface area contributed by atoms with Crippen molar-refractivity contribution < 1.29 is 0 Å². The molecular formula is C18H14N4S. The minimum Gasteiger partial charge on any atom is -0.241 e. The summed E-state index contributed by atoms with van der Waals surface area (Å²) in [4.78, 5) is 2.35. The van der Waals surface area contributed by atoms with E-state index in [0.717, 1.165) is 11.4 Å². The van der Waals surface area contributed by atoms with E-state index in [0.29, 0.717) is 0 Å². The van der Waals surface area contributed by atoms with E-state index in [-0.39, 0.29) is 0 Å². The SMILES string of the molecule is c1cc(Sc2cccc(-n3cccn3)c2)cc(-n2cccn2)c1. The van der Waals surface area contributed by atoms with E-state index < -0.39 is 0 Å². The first-order valence-corrected chi connectivity index (χ1v) is 8.08. The van der Waals surface area contributed by atoms with Crippen molar-refractivity contribution in [3.63, 3.8) is 0 Å². The van der Waals surface area contributed by atoms with Crippen LogP contribution in [0.15, 0.2) is 95.2 Å². The molecule has 0 atom stereocenters. The highest BCUT2D eigenvalue weighted by atomic mass is 32.2. The smallest absolute Gasteiger partial charge is 0.0656 e. The van der Waals surface area contributed by atoms with Crippen LogP contribution in [0.1, 0.15) is 0 Å². The van der Waals surface area contributed by atoms with Crippen LogP contribution in [-0.4, -0.2) is 19.6 Å². The lowest BCUT2D eigenvalue weighted by molar-refractivity contribution is 0.876. The first-order chi connectivity index (χ1) is 11.4. The summed E-state index contributed by atoms with van der Waals surface area (Å²) in [6.07, 6.45) is 7.46. The molecule has 4 nitrogen and oxygen atoms in total. The highest BCUT2D eigenvalue weighted by Gasteiger charge is 2.03. The van der Waals surface area contributed by atoms with Crippen LogP contribution in [-0.2, 0) is 0 Å². The summed E-state index contributed by atoms with van der Waals surface area (Å²) in [5.41, 5.74) is 2.12. The maximum atomic E-state index is 4.28. The molecule has 0 N–H and O–H groups in total. The van der Waals surface area contributed by atoms with E-state index in [2.05, 4.69) is 58.7 Å². The third kappa shape index (κ3) is 3.05. The lowest BCUT2D eigenvalue weighted by Crippen LogP contribution is -1.94. The molecule has 0 saturated carbocycles. The summed E-state index contributed by atoms with van der Waals surface area (Å²) in [5.74, 6) is 0. The van der Waals surface area contributed by atoms with Crippen molar-refractivity contribution in [3.05, 3.63) is 85.5 Å². The molecule has 0 fully saturated rings. The Morgan fingerprint density at radius 2 is 1.17 bits per heavy atom. The molecule has 0 spiro atoms. The fourth-order valence-corrected chi connectivity index (χ4v) is 3.28. The summed E-state index contributed by atoms with van der Waals surface area (Å²) in [7, 11) is 0. The first kappa shape index (κ1) is 13.8. The van der Waals surface area contributed by atoms with Crippen molar-refractivity contribution in [2.24, 2.45) is 0 Å². The first-order valence-electron chi connectivity index (χ1n) is 7.26. The summed E-state index contributed by atoms with van der Waals surface area (Å²) >= 11 is 1.73. The number of benzene rings is 2. The van der Waals surface area contributed by atoms with Gasteiger partial charge in [0.05, 0.1) is 11.4 Å². The third-order valence-corrected chi connectivity index (χ3v) is 4.39. The van der Waals surface area contributed by atoms with Gasteiger partial charge in [-0.3, -0.25) is 0 Å². The largest absolute Gasteiger partial charge is 0.241 e. The summed E-state index contributed by atoms with van der Waals surface area (Å²) in [6, 6.07) is 20.6. The molecular weight excluding hydrogens is 304 g/mol. The summed E-state index contributed by atoms with van der Waals surface area (Å²) in [5, 5.41) is 8.56. The number of hydrogen-bond acceptors (Lipinski definition) is 3. The van der Waals surface area contributed by atoms with E-state index in [1.165, 1.54) is 9.79 Å². The van der Waals surface area contributed by atoms with Crippen molar-refractivity contribution in [2.75, 3.05) is 0 Å². The van der Waals surface area contributed by atoms with Gasteiger partial charge in [0.25, 0.3) is 0 Å². The number of nitrogens with zero attached hydrogens (tertiary/aromatic N) is 4. The zero-order chi connectivity index (χ0) is 15.5. The predicted molar refractivity (Wildman–Crippen MR) is 91.3 cm³/mol. The predicted octanol–water partition coefficient (Wildman–Crippen LogP) is 4.21. The standard InChI is InChI=1S/C18H14N4S/c1-5-15(21-11-3-9-19-21)13-17(7-1)23-18-8-2-6-16(14-18)22-12-4-10-20-22/h1-14H. The van der Waals surface area contributed by atoms with E-state index in [4.69, 9.17) is 0 Å². The maximum absolute atomic E-state index is 4.28. The molecule has 0 saturated heterocycles. The zero-order valence-corrected chi connectivity index (χ0v) is 13.1. The highest BCUT2D eigenvalue weighted by Crippen LogP contribution is 2.30. The lowest BCUT2D eigenvalue weighted by Gasteiger charge is -2.07. The van der Waals surface area contributed by atoms with Crippen LogP contribution in [0.2, 0.25) is 0 Å². The van der Waals surface area contributed by atoms with Crippen LogP contribution in [0, 0.1) is 0 Å². The van der Waals surface area contributed by atoms with E-state index >= 15 is 0 Å². The fraction of sp³-hybridized carbons (Fsp3) is 0. The zero-order valence-electron chi connectivity index (χ0n) is 12.3. The van der Waals surface area contributed by atoms with Gasteiger partial charge in [0.1, 0.15) is 0 Å². The molecule has 112 valence electrons. The van der Waals surface area contributed by atoms with Gasteiger partial charge in [-0.1, -0.05) is 23.9 Å². The van der Waals surface area contributed by atoms with Crippen molar-refractivity contribution in [1.82, 2.24) is 19.6 Å². The Morgan fingerprint density at radius 3 is 1.61 bits per heavy atom. The minimum atomic E-state index is 1.06. The minimum absolute atomic E-state index is 1.06. The maximum Gasteiger partial charge on any atom is 0.0656 e. The second-order valence-electron chi connectivity index (χ2n) is 5.00. The number of aromatic nitrogens is 4. The van der Waals surface area contributed by atoms with Gasteiger partial charge in [-0.15, -0.1) is 0 Å². The van der Waals surface area contributed by atoms with Gasteiger partial charge >= 0.3 is 0 Å². The van der Waals surface area contributed by atoms with Gasteiger partial charge in [0, 0.05) is 34.6 Å². The highest BCUT2D eigenvalue weighted by molar-refractivity contribution is 7.99. The Kier molecular flexibility index (Phi) is 3.70. The quantitative estimate of drug-likeness (QED) is 0.565. The number of hydrogen-bond donors (Lipinski definition) is 0. The molecule has 2 heterocycles. The molecule has 4 rings (SSSR count). The van der Waals surface area contributed by atoms with Crippen molar-refractivity contribution >= 4 is 11.8 Å². The van der Waals surface area contributed by atoms with Crippen LogP contribution in [0.5, 0.6) is 0 Å². The van der Waals surface area contributed by atoms with Crippen molar-refractivity contribution in [1.29, 1.82) is 0 Å². The average molecular weight is 318 g/mol. The second-order valence-corrected chi connectivity index (χ2v) is 6.14. The number of rotatable bonds is 4. The van der Waals surface area contributed by atoms with Gasteiger partial charge in [0.15, 0.2) is 0 Å². The topological polar surface area (TPSA) is 35.6 Å². The van der Waals surface area contributed by atoms with Crippen LogP contribution in [0.25, 0.3) is 11.4 Å². The van der Waals surface area contributed by atoms with Gasteiger partial charge < -0.3 is 0 Å². The molecule has 23 heavy (non-hydrogen) atoms. The van der Waals surface area contributed by atoms with Crippen LogP contribution in [0.3, 0.4) is 0 Å².